The topological polar surface area (TPSA) is 53.1 Å². The van der Waals surface area contributed by atoms with Crippen LogP contribution in [-0.4, -0.2) is 16.9 Å². The average Bonchev–Trinajstić information content (AvgIpc) is 2.89. The molecule has 4 nitrogen and oxygen atoms in total. The average molecular weight is 257 g/mol. The molecule has 0 unspecified atom stereocenters. The van der Waals surface area contributed by atoms with Crippen molar-refractivity contribution in [2.24, 2.45) is 0 Å². The molecule has 1 aromatic heterocycles. The molecule has 100 valence electrons. The Hall–Kier alpha value is -1.97. The highest BCUT2D eigenvalue weighted by Crippen LogP contribution is 2.42. The lowest BCUT2D eigenvalue weighted by atomic mass is 9.87. The highest BCUT2D eigenvalue weighted by Gasteiger charge is 2.35. The monoisotopic (exact) mass is 257 g/mol. The maximum absolute atomic E-state index is 6.30. The summed E-state index contributed by atoms with van der Waals surface area (Å²) in [6.45, 7) is 4.46. The standard InChI is InChI=1S/C15H19N3O/c1-15(2)9-8-12-13(15)14(16)18(17-12)10-4-6-11(19-3)7-5-10/h4-7H,8-9,16H2,1-3H3. The number of aryl methyl sites for hydroxylation is 1. The molecule has 2 N–H and O–H groups in total. The van der Waals surface area contributed by atoms with E-state index in [0.29, 0.717) is 0 Å². The van der Waals surface area contributed by atoms with Gasteiger partial charge in [-0.25, -0.2) is 4.68 Å². The first-order valence-corrected chi connectivity index (χ1v) is 6.55. The van der Waals surface area contributed by atoms with E-state index >= 15 is 0 Å². The third-order valence-corrected chi connectivity index (χ3v) is 3.97. The minimum Gasteiger partial charge on any atom is -0.497 e. The Morgan fingerprint density at radius 3 is 2.53 bits per heavy atom. The first-order chi connectivity index (χ1) is 9.03. The molecule has 19 heavy (non-hydrogen) atoms. The van der Waals surface area contributed by atoms with E-state index in [1.165, 1.54) is 5.56 Å². The molecular formula is C15H19N3O. The first-order valence-electron chi connectivity index (χ1n) is 6.55. The highest BCUT2D eigenvalue weighted by molar-refractivity contribution is 5.55. The molecule has 0 radical (unpaired) electrons. The van der Waals surface area contributed by atoms with Gasteiger partial charge >= 0.3 is 0 Å². The second-order valence-corrected chi connectivity index (χ2v) is 5.70. The number of nitrogens with zero attached hydrogens (tertiary/aromatic N) is 2. The Kier molecular flexibility index (Phi) is 2.55. The van der Waals surface area contributed by atoms with Gasteiger partial charge in [-0.3, -0.25) is 0 Å². The third-order valence-electron chi connectivity index (χ3n) is 3.97. The van der Waals surface area contributed by atoms with Crippen molar-refractivity contribution in [2.45, 2.75) is 32.1 Å². The van der Waals surface area contributed by atoms with E-state index in [9.17, 15) is 0 Å². The van der Waals surface area contributed by atoms with Gasteiger partial charge in [-0.2, -0.15) is 5.10 Å². The van der Waals surface area contributed by atoms with Gasteiger partial charge in [0.15, 0.2) is 0 Å². The van der Waals surface area contributed by atoms with Gasteiger partial charge in [0.2, 0.25) is 0 Å². The lowest BCUT2D eigenvalue weighted by molar-refractivity contribution is 0.414. The van der Waals surface area contributed by atoms with Gasteiger partial charge in [0, 0.05) is 5.56 Å². The van der Waals surface area contributed by atoms with Crippen molar-refractivity contribution in [1.29, 1.82) is 0 Å². The van der Waals surface area contributed by atoms with E-state index in [1.807, 2.05) is 28.9 Å². The van der Waals surface area contributed by atoms with E-state index in [-0.39, 0.29) is 5.41 Å². The summed E-state index contributed by atoms with van der Waals surface area (Å²) < 4.78 is 7.01. The van der Waals surface area contributed by atoms with Crippen LogP contribution in [0, 0.1) is 0 Å². The van der Waals surface area contributed by atoms with Crippen LogP contribution in [-0.2, 0) is 11.8 Å². The molecule has 0 bridgehead atoms. The normalized spacial score (nSPS) is 16.4. The number of nitrogens with two attached hydrogens (primary N) is 1. The summed E-state index contributed by atoms with van der Waals surface area (Å²) in [4.78, 5) is 0. The van der Waals surface area contributed by atoms with E-state index in [4.69, 9.17) is 10.5 Å². The van der Waals surface area contributed by atoms with Gasteiger partial charge in [0.25, 0.3) is 0 Å². The van der Waals surface area contributed by atoms with Crippen LogP contribution in [0.15, 0.2) is 24.3 Å². The van der Waals surface area contributed by atoms with Crippen molar-refractivity contribution in [2.75, 3.05) is 12.8 Å². The van der Waals surface area contributed by atoms with Gasteiger partial charge in [0.1, 0.15) is 11.6 Å². The first kappa shape index (κ1) is 12.1. The van der Waals surface area contributed by atoms with Crippen LogP contribution in [0.2, 0.25) is 0 Å². The largest absolute Gasteiger partial charge is 0.497 e. The van der Waals surface area contributed by atoms with Crippen LogP contribution in [0.5, 0.6) is 5.75 Å². The Labute approximate surface area is 113 Å². The summed E-state index contributed by atoms with van der Waals surface area (Å²) in [7, 11) is 1.66. The fraction of sp³-hybridized carbons (Fsp3) is 0.400. The van der Waals surface area contributed by atoms with Gasteiger partial charge in [-0.05, 0) is 42.5 Å². The summed E-state index contributed by atoms with van der Waals surface area (Å²) in [6.07, 6.45) is 2.13. The zero-order valence-corrected chi connectivity index (χ0v) is 11.6. The molecule has 0 saturated carbocycles. The number of ether oxygens (including phenoxy) is 1. The Bertz CT molecular complexity index is 611. The number of benzene rings is 1. The SMILES string of the molecule is COc1ccc(-n2nc3c(c2N)C(C)(C)CC3)cc1. The highest BCUT2D eigenvalue weighted by atomic mass is 16.5. The zero-order chi connectivity index (χ0) is 13.6. The van der Waals surface area contributed by atoms with Crippen molar-refractivity contribution in [1.82, 2.24) is 9.78 Å². The molecule has 1 aromatic carbocycles. The minimum atomic E-state index is 0.129. The quantitative estimate of drug-likeness (QED) is 0.900. The van der Waals surface area contributed by atoms with E-state index in [0.717, 1.165) is 35.8 Å². The number of methoxy groups -OCH3 is 1. The van der Waals surface area contributed by atoms with Gasteiger partial charge in [-0.1, -0.05) is 13.8 Å². The van der Waals surface area contributed by atoms with Crippen molar-refractivity contribution < 1.29 is 4.74 Å². The van der Waals surface area contributed by atoms with Gasteiger partial charge in [0.05, 0.1) is 18.5 Å². The maximum Gasteiger partial charge on any atom is 0.131 e. The van der Waals surface area contributed by atoms with Crippen molar-refractivity contribution >= 4 is 5.82 Å². The minimum absolute atomic E-state index is 0.129. The van der Waals surface area contributed by atoms with Crippen LogP contribution in [0.25, 0.3) is 5.69 Å². The fourth-order valence-electron chi connectivity index (χ4n) is 2.87. The Morgan fingerprint density at radius 1 is 1.26 bits per heavy atom. The predicted octanol–water partition coefficient (Wildman–Crippen LogP) is 2.69. The molecule has 0 saturated heterocycles. The number of anilines is 1. The van der Waals surface area contributed by atoms with Crippen LogP contribution >= 0.6 is 0 Å². The molecular weight excluding hydrogens is 238 g/mol. The van der Waals surface area contributed by atoms with Crippen LogP contribution < -0.4 is 10.5 Å². The lowest BCUT2D eigenvalue weighted by Gasteiger charge is -2.18. The molecule has 3 rings (SSSR count). The van der Waals surface area contributed by atoms with Crippen LogP contribution in [0.1, 0.15) is 31.5 Å². The summed E-state index contributed by atoms with van der Waals surface area (Å²) in [5.74, 6) is 1.60. The maximum atomic E-state index is 6.30. The van der Waals surface area contributed by atoms with Gasteiger partial charge < -0.3 is 10.5 Å². The fourth-order valence-corrected chi connectivity index (χ4v) is 2.87. The summed E-state index contributed by atoms with van der Waals surface area (Å²) in [5.41, 5.74) is 9.76. The number of hydrogen-bond acceptors (Lipinski definition) is 3. The van der Waals surface area contributed by atoms with E-state index in [2.05, 4.69) is 18.9 Å². The number of fused-ring (bicyclic) bond motifs is 1. The molecule has 0 spiro atoms. The van der Waals surface area contributed by atoms with Crippen molar-refractivity contribution in [3.05, 3.63) is 35.5 Å². The van der Waals surface area contributed by atoms with E-state index < -0.39 is 0 Å². The number of nitrogen functional groups attached to an aromatic ring is 1. The Balaban J connectivity index is 2.07. The second-order valence-electron chi connectivity index (χ2n) is 5.70. The zero-order valence-electron chi connectivity index (χ0n) is 11.6. The third kappa shape index (κ3) is 1.79. The molecule has 0 atom stereocenters. The molecule has 1 heterocycles. The number of hydrogen-bond donors (Lipinski definition) is 1. The second kappa shape index (κ2) is 4.02. The molecule has 4 heteroatoms. The lowest BCUT2D eigenvalue weighted by Crippen LogP contribution is -2.15. The summed E-state index contributed by atoms with van der Waals surface area (Å²) in [6, 6.07) is 7.80. The van der Waals surface area contributed by atoms with Crippen LogP contribution in [0.4, 0.5) is 5.82 Å². The molecule has 0 amide bonds. The summed E-state index contributed by atoms with van der Waals surface area (Å²) >= 11 is 0. The molecule has 0 fully saturated rings. The number of rotatable bonds is 2. The molecule has 1 aliphatic carbocycles. The van der Waals surface area contributed by atoms with Crippen LogP contribution in [0.3, 0.4) is 0 Å². The number of aromatic nitrogens is 2. The van der Waals surface area contributed by atoms with Crippen molar-refractivity contribution in [3.8, 4) is 11.4 Å². The molecule has 2 aromatic rings. The van der Waals surface area contributed by atoms with E-state index in [1.54, 1.807) is 7.11 Å². The smallest absolute Gasteiger partial charge is 0.131 e. The summed E-state index contributed by atoms with van der Waals surface area (Å²) in [5, 5.41) is 4.66. The Morgan fingerprint density at radius 2 is 1.95 bits per heavy atom. The van der Waals surface area contributed by atoms with Crippen molar-refractivity contribution in [3.63, 3.8) is 0 Å². The van der Waals surface area contributed by atoms with Gasteiger partial charge in [-0.15, -0.1) is 0 Å². The molecule has 1 aliphatic rings. The molecule has 0 aliphatic heterocycles. The predicted molar refractivity (Wildman–Crippen MR) is 75.9 cm³/mol.